The van der Waals surface area contributed by atoms with Crippen molar-refractivity contribution in [2.24, 2.45) is 11.8 Å². The summed E-state index contributed by atoms with van der Waals surface area (Å²) in [5.41, 5.74) is 0. The van der Waals surface area contributed by atoms with E-state index in [9.17, 15) is 18.0 Å². The predicted molar refractivity (Wildman–Crippen MR) is 56.6 cm³/mol. The normalized spacial score (nSPS) is 25.8. The standard InChI is InChI=1S/C11H18F3NO2/c12-11(13,14)5-6-15-7-8-1-3-9(4-2-8)10(16)17/h8-9,15H,1-7H2,(H,16,17). The first-order valence-electron chi connectivity index (χ1n) is 5.89. The average Bonchev–Trinajstić information content (AvgIpc) is 2.24. The maximum Gasteiger partial charge on any atom is 0.390 e. The molecule has 2 N–H and O–H groups in total. The van der Waals surface area contributed by atoms with Crippen LogP contribution >= 0.6 is 0 Å². The van der Waals surface area contributed by atoms with Crippen molar-refractivity contribution in [2.75, 3.05) is 13.1 Å². The van der Waals surface area contributed by atoms with Crippen LogP contribution in [-0.4, -0.2) is 30.3 Å². The van der Waals surface area contributed by atoms with Gasteiger partial charge in [-0.25, -0.2) is 0 Å². The largest absolute Gasteiger partial charge is 0.481 e. The van der Waals surface area contributed by atoms with Crippen LogP contribution in [0.3, 0.4) is 0 Å². The quantitative estimate of drug-likeness (QED) is 0.740. The first kappa shape index (κ1) is 14.3. The van der Waals surface area contributed by atoms with Gasteiger partial charge in [0.15, 0.2) is 0 Å². The van der Waals surface area contributed by atoms with Crippen LogP contribution in [0.1, 0.15) is 32.1 Å². The zero-order valence-corrected chi connectivity index (χ0v) is 9.59. The fourth-order valence-corrected chi connectivity index (χ4v) is 2.15. The summed E-state index contributed by atoms with van der Waals surface area (Å²) < 4.78 is 35.6. The molecule has 6 heteroatoms. The van der Waals surface area contributed by atoms with E-state index in [1.807, 2.05) is 0 Å². The lowest BCUT2D eigenvalue weighted by Crippen LogP contribution is -2.30. The lowest BCUT2D eigenvalue weighted by atomic mass is 9.82. The monoisotopic (exact) mass is 253 g/mol. The smallest absolute Gasteiger partial charge is 0.390 e. The molecule has 1 aliphatic rings. The van der Waals surface area contributed by atoms with Crippen molar-refractivity contribution in [1.29, 1.82) is 0 Å². The second kappa shape index (κ2) is 6.23. The van der Waals surface area contributed by atoms with E-state index in [0.29, 0.717) is 25.3 Å². The number of nitrogens with one attached hydrogen (secondary N) is 1. The number of aliphatic carboxylic acids is 1. The highest BCUT2D eigenvalue weighted by molar-refractivity contribution is 5.69. The van der Waals surface area contributed by atoms with Crippen molar-refractivity contribution >= 4 is 5.97 Å². The van der Waals surface area contributed by atoms with Gasteiger partial charge in [0, 0.05) is 6.54 Å². The Hall–Kier alpha value is -0.780. The minimum Gasteiger partial charge on any atom is -0.481 e. The molecule has 100 valence electrons. The third kappa shape index (κ3) is 5.91. The molecule has 0 aromatic heterocycles. The van der Waals surface area contributed by atoms with Crippen LogP contribution in [0.5, 0.6) is 0 Å². The molecule has 0 bridgehead atoms. The molecule has 0 amide bonds. The second-order valence-corrected chi connectivity index (χ2v) is 4.63. The number of carboxylic acids is 1. The summed E-state index contributed by atoms with van der Waals surface area (Å²) in [5, 5.41) is 11.6. The Morgan fingerprint density at radius 3 is 2.29 bits per heavy atom. The zero-order chi connectivity index (χ0) is 12.9. The van der Waals surface area contributed by atoms with Gasteiger partial charge in [-0.05, 0) is 38.1 Å². The van der Waals surface area contributed by atoms with Gasteiger partial charge in [0.05, 0.1) is 12.3 Å². The Kier molecular flexibility index (Phi) is 5.24. The van der Waals surface area contributed by atoms with Crippen LogP contribution in [0.4, 0.5) is 13.2 Å². The number of carboxylic acid groups (broad SMARTS) is 1. The molecule has 1 fully saturated rings. The summed E-state index contributed by atoms with van der Waals surface area (Å²) in [4.78, 5) is 10.7. The Balaban J connectivity index is 2.09. The third-order valence-electron chi connectivity index (χ3n) is 3.21. The van der Waals surface area contributed by atoms with E-state index in [1.165, 1.54) is 0 Å². The minimum absolute atomic E-state index is 0.0532. The van der Waals surface area contributed by atoms with Gasteiger partial charge in [-0.1, -0.05) is 0 Å². The second-order valence-electron chi connectivity index (χ2n) is 4.63. The fourth-order valence-electron chi connectivity index (χ4n) is 2.15. The molecule has 0 aromatic rings. The minimum atomic E-state index is -4.10. The molecule has 17 heavy (non-hydrogen) atoms. The number of halogens is 3. The molecule has 0 aromatic carbocycles. The van der Waals surface area contributed by atoms with E-state index < -0.39 is 18.6 Å². The highest BCUT2D eigenvalue weighted by Gasteiger charge is 2.27. The van der Waals surface area contributed by atoms with Crippen molar-refractivity contribution in [3.8, 4) is 0 Å². The first-order chi connectivity index (χ1) is 7.88. The molecule has 0 atom stereocenters. The summed E-state index contributed by atoms with van der Waals surface area (Å²) in [7, 11) is 0. The fraction of sp³-hybridized carbons (Fsp3) is 0.909. The number of carbonyl (C=O) groups is 1. The molecule has 0 radical (unpaired) electrons. The van der Waals surface area contributed by atoms with Crippen molar-refractivity contribution in [2.45, 2.75) is 38.3 Å². The van der Waals surface area contributed by atoms with Gasteiger partial charge in [0.2, 0.25) is 0 Å². The Bertz CT molecular complexity index is 248. The van der Waals surface area contributed by atoms with Gasteiger partial charge in [-0.2, -0.15) is 13.2 Å². The van der Waals surface area contributed by atoms with Crippen molar-refractivity contribution in [3.05, 3.63) is 0 Å². The number of alkyl halides is 3. The molecule has 0 spiro atoms. The summed E-state index contributed by atoms with van der Waals surface area (Å²) >= 11 is 0. The van der Waals surface area contributed by atoms with Crippen LogP contribution in [0.15, 0.2) is 0 Å². The maximum atomic E-state index is 11.9. The summed E-state index contributed by atoms with van der Waals surface area (Å²) in [5.74, 6) is -0.700. The lowest BCUT2D eigenvalue weighted by Gasteiger charge is -2.26. The number of hydrogen-bond acceptors (Lipinski definition) is 2. The van der Waals surface area contributed by atoms with Gasteiger partial charge < -0.3 is 10.4 Å². The summed E-state index contributed by atoms with van der Waals surface area (Å²) in [6.45, 7) is 0.505. The molecule has 0 saturated heterocycles. The molecule has 0 aliphatic heterocycles. The van der Waals surface area contributed by atoms with E-state index in [4.69, 9.17) is 5.11 Å². The molecule has 1 aliphatic carbocycles. The zero-order valence-electron chi connectivity index (χ0n) is 9.59. The van der Waals surface area contributed by atoms with E-state index in [2.05, 4.69) is 5.32 Å². The number of hydrogen-bond donors (Lipinski definition) is 2. The van der Waals surface area contributed by atoms with Gasteiger partial charge >= 0.3 is 12.1 Å². The molecule has 1 rings (SSSR count). The summed E-state index contributed by atoms with van der Waals surface area (Å²) in [6, 6.07) is 0. The van der Waals surface area contributed by atoms with E-state index in [1.54, 1.807) is 0 Å². The first-order valence-corrected chi connectivity index (χ1v) is 5.89. The average molecular weight is 253 g/mol. The topological polar surface area (TPSA) is 49.3 Å². The lowest BCUT2D eigenvalue weighted by molar-refractivity contribution is -0.143. The van der Waals surface area contributed by atoms with E-state index in [-0.39, 0.29) is 12.5 Å². The molecular formula is C11H18F3NO2. The van der Waals surface area contributed by atoms with E-state index >= 15 is 0 Å². The van der Waals surface area contributed by atoms with Crippen LogP contribution < -0.4 is 5.32 Å². The van der Waals surface area contributed by atoms with Crippen molar-refractivity contribution in [3.63, 3.8) is 0 Å². The Labute approximate surface area is 98.4 Å². The highest BCUT2D eigenvalue weighted by Crippen LogP contribution is 2.28. The van der Waals surface area contributed by atoms with Crippen molar-refractivity contribution in [1.82, 2.24) is 5.32 Å². The number of rotatable bonds is 5. The van der Waals surface area contributed by atoms with Crippen molar-refractivity contribution < 1.29 is 23.1 Å². The Morgan fingerprint density at radius 2 is 1.82 bits per heavy atom. The third-order valence-corrected chi connectivity index (χ3v) is 3.21. The summed E-state index contributed by atoms with van der Waals surface area (Å²) in [6.07, 6.45) is -2.06. The highest BCUT2D eigenvalue weighted by atomic mass is 19.4. The SMILES string of the molecule is O=C(O)C1CCC(CNCCC(F)(F)F)CC1. The maximum absolute atomic E-state index is 11.9. The van der Waals surface area contributed by atoms with Gasteiger partial charge in [-0.3, -0.25) is 4.79 Å². The molecule has 3 nitrogen and oxygen atoms in total. The molecule has 0 unspecified atom stereocenters. The Morgan fingerprint density at radius 1 is 1.24 bits per heavy atom. The van der Waals surface area contributed by atoms with Crippen LogP contribution in [-0.2, 0) is 4.79 Å². The molecule has 0 heterocycles. The molecule has 1 saturated carbocycles. The predicted octanol–water partition coefficient (Wildman–Crippen LogP) is 2.42. The molecular weight excluding hydrogens is 235 g/mol. The van der Waals surface area contributed by atoms with E-state index in [0.717, 1.165) is 12.8 Å². The van der Waals surface area contributed by atoms with Gasteiger partial charge in [0.1, 0.15) is 0 Å². The van der Waals surface area contributed by atoms with Crippen LogP contribution in [0.25, 0.3) is 0 Å². The van der Waals surface area contributed by atoms with Gasteiger partial charge in [0.25, 0.3) is 0 Å². The van der Waals surface area contributed by atoms with Crippen LogP contribution in [0, 0.1) is 11.8 Å². The van der Waals surface area contributed by atoms with Crippen LogP contribution in [0.2, 0.25) is 0 Å². The van der Waals surface area contributed by atoms with Gasteiger partial charge in [-0.15, -0.1) is 0 Å².